The van der Waals surface area contributed by atoms with Crippen molar-refractivity contribution >= 4 is 28.6 Å². The Morgan fingerprint density at radius 3 is 2.32 bits per heavy atom. The number of carbonyl (C=O) groups is 1. The molecular weight excluding hydrogens is 394 g/mol. The number of benzene rings is 2. The lowest BCUT2D eigenvalue weighted by Crippen LogP contribution is -2.50. The Bertz CT molecular complexity index is 1090. The first-order valence-corrected chi connectivity index (χ1v) is 10.3. The molecule has 2 aromatic carbocycles. The molecule has 1 N–H and O–H groups in total. The summed E-state index contributed by atoms with van der Waals surface area (Å²) < 4.78 is 10.7. The van der Waals surface area contributed by atoms with Gasteiger partial charge in [0.2, 0.25) is 0 Å². The Morgan fingerprint density at radius 1 is 0.968 bits per heavy atom. The van der Waals surface area contributed by atoms with E-state index >= 15 is 0 Å². The maximum atomic E-state index is 12.9. The first kappa shape index (κ1) is 20.7. The highest BCUT2D eigenvalue weighted by Crippen LogP contribution is 2.29. The molecular formula is C23H27N5O3. The molecule has 1 aliphatic heterocycles. The molecule has 0 saturated carbocycles. The number of ether oxygens (including phenoxy) is 2. The van der Waals surface area contributed by atoms with Crippen LogP contribution in [0.3, 0.4) is 0 Å². The number of rotatable bonds is 4. The van der Waals surface area contributed by atoms with E-state index in [1.54, 1.807) is 12.0 Å². The van der Waals surface area contributed by atoms with Crippen molar-refractivity contribution in [1.82, 2.24) is 14.9 Å². The fourth-order valence-corrected chi connectivity index (χ4v) is 3.91. The summed E-state index contributed by atoms with van der Waals surface area (Å²) in [6, 6.07) is 11.8. The van der Waals surface area contributed by atoms with E-state index in [-0.39, 0.29) is 11.9 Å². The number of fused-ring (bicyclic) bond motifs is 1. The molecule has 1 aromatic heterocycles. The van der Waals surface area contributed by atoms with Gasteiger partial charge in [0.05, 0.1) is 19.7 Å². The number of carbonyl (C=O) groups excluding carboxylic acids is 1. The van der Waals surface area contributed by atoms with Crippen molar-refractivity contribution in [1.29, 1.82) is 0 Å². The van der Waals surface area contributed by atoms with E-state index in [4.69, 9.17) is 9.47 Å². The van der Waals surface area contributed by atoms with E-state index < -0.39 is 0 Å². The molecule has 8 heteroatoms. The van der Waals surface area contributed by atoms with E-state index in [1.807, 2.05) is 18.2 Å². The lowest BCUT2D eigenvalue weighted by atomic mass is 10.1. The second-order valence-electron chi connectivity index (χ2n) is 7.66. The first-order chi connectivity index (χ1) is 15.0. The predicted octanol–water partition coefficient (Wildman–Crippen LogP) is 3.62. The summed E-state index contributed by atoms with van der Waals surface area (Å²) in [6.45, 7) is 7.00. The number of aryl methyl sites for hydroxylation is 2. The van der Waals surface area contributed by atoms with Crippen molar-refractivity contribution in [2.45, 2.75) is 13.8 Å². The molecule has 0 atom stereocenters. The molecule has 3 aromatic rings. The lowest BCUT2D eigenvalue weighted by molar-refractivity contribution is 0.208. The van der Waals surface area contributed by atoms with Crippen LogP contribution in [0.5, 0.6) is 11.6 Å². The second-order valence-corrected chi connectivity index (χ2v) is 7.66. The van der Waals surface area contributed by atoms with Gasteiger partial charge in [-0.15, -0.1) is 0 Å². The molecule has 162 valence electrons. The molecule has 1 fully saturated rings. The van der Waals surface area contributed by atoms with Crippen LogP contribution in [0.1, 0.15) is 11.1 Å². The number of nitrogens with one attached hydrogen (secondary N) is 1. The van der Waals surface area contributed by atoms with Gasteiger partial charge >= 0.3 is 6.03 Å². The SMILES string of the molecule is COc1nc2c(OC)cccc2nc1NC(=O)N1CCN(c2cc(C)cc(C)c2)CC1. The first-order valence-electron chi connectivity index (χ1n) is 10.3. The number of amides is 2. The quantitative estimate of drug-likeness (QED) is 0.693. The Morgan fingerprint density at radius 2 is 1.68 bits per heavy atom. The summed E-state index contributed by atoms with van der Waals surface area (Å²) in [5.41, 5.74) is 4.90. The number of methoxy groups -OCH3 is 2. The molecule has 1 saturated heterocycles. The van der Waals surface area contributed by atoms with Gasteiger partial charge in [-0.05, 0) is 49.2 Å². The van der Waals surface area contributed by atoms with Crippen LogP contribution >= 0.6 is 0 Å². The third-order valence-electron chi connectivity index (χ3n) is 5.40. The molecule has 0 bridgehead atoms. The Balaban J connectivity index is 1.47. The predicted molar refractivity (Wildman–Crippen MR) is 121 cm³/mol. The van der Waals surface area contributed by atoms with Gasteiger partial charge in [0.15, 0.2) is 5.82 Å². The number of urea groups is 1. The highest BCUT2D eigenvalue weighted by atomic mass is 16.5. The summed E-state index contributed by atoms with van der Waals surface area (Å²) >= 11 is 0. The number of hydrogen-bond donors (Lipinski definition) is 1. The maximum Gasteiger partial charge on any atom is 0.323 e. The van der Waals surface area contributed by atoms with Gasteiger partial charge in [-0.25, -0.2) is 14.8 Å². The minimum absolute atomic E-state index is 0.213. The summed E-state index contributed by atoms with van der Waals surface area (Å²) in [7, 11) is 3.08. The third kappa shape index (κ3) is 4.33. The zero-order valence-corrected chi connectivity index (χ0v) is 18.3. The molecule has 8 nitrogen and oxygen atoms in total. The zero-order valence-electron chi connectivity index (χ0n) is 18.3. The van der Waals surface area contributed by atoms with Crippen LogP contribution in [0.25, 0.3) is 11.0 Å². The van der Waals surface area contributed by atoms with E-state index in [0.717, 1.165) is 13.1 Å². The van der Waals surface area contributed by atoms with Crippen molar-refractivity contribution in [3.05, 3.63) is 47.5 Å². The normalized spacial score (nSPS) is 13.9. The minimum Gasteiger partial charge on any atom is -0.494 e. The summed E-state index contributed by atoms with van der Waals surface area (Å²) in [6.07, 6.45) is 0. The smallest absolute Gasteiger partial charge is 0.323 e. The molecule has 2 amide bonds. The van der Waals surface area contributed by atoms with Gasteiger partial charge in [-0.3, -0.25) is 5.32 Å². The van der Waals surface area contributed by atoms with Crippen LogP contribution in [0.15, 0.2) is 36.4 Å². The number of nitrogens with zero attached hydrogens (tertiary/aromatic N) is 4. The monoisotopic (exact) mass is 421 g/mol. The summed E-state index contributed by atoms with van der Waals surface area (Å²) in [4.78, 5) is 26.0. The molecule has 2 heterocycles. The second kappa shape index (κ2) is 8.67. The average molecular weight is 422 g/mol. The molecule has 0 radical (unpaired) electrons. The maximum absolute atomic E-state index is 12.9. The van der Waals surface area contributed by atoms with Gasteiger partial charge in [-0.2, -0.15) is 0 Å². The van der Waals surface area contributed by atoms with Gasteiger partial charge in [0.25, 0.3) is 5.88 Å². The molecule has 0 unspecified atom stereocenters. The molecule has 0 spiro atoms. The largest absolute Gasteiger partial charge is 0.494 e. The van der Waals surface area contributed by atoms with Crippen LogP contribution in [0.4, 0.5) is 16.3 Å². The van der Waals surface area contributed by atoms with Gasteiger partial charge in [0, 0.05) is 31.9 Å². The van der Waals surface area contributed by atoms with E-state index in [2.05, 4.69) is 52.2 Å². The molecule has 31 heavy (non-hydrogen) atoms. The molecule has 0 aliphatic carbocycles. The number of hydrogen-bond acceptors (Lipinski definition) is 6. The van der Waals surface area contributed by atoms with Crippen LogP contribution in [0, 0.1) is 13.8 Å². The summed E-state index contributed by atoms with van der Waals surface area (Å²) in [5, 5.41) is 2.86. The fourth-order valence-electron chi connectivity index (χ4n) is 3.91. The van der Waals surface area contributed by atoms with Gasteiger partial charge in [0.1, 0.15) is 11.3 Å². The third-order valence-corrected chi connectivity index (χ3v) is 5.40. The van der Waals surface area contributed by atoms with Crippen LogP contribution < -0.4 is 19.7 Å². The molecule has 1 aliphatic rings. The number of para-hydroxylation sites is 1. The number of piperazine rings is 1. The van der Waals surface area contributed by atoms with Crippen LogP contribution in [-0.2, 0) is 0 Å². The van der Waals surface area contributed by atoms with Gasteiger partial charge in [-0.1, -0.05) is 12.1 Å². The van der Waals surface area contributed by atoms with E-state index in [0.29, 0.717) is 35.7 Å². The van der Waals surface area contributed by atoms with Crippen molar-refractivity contribution in [2.75, 3.05) is 50.6 Å². The highest BCUT2D eigenvalue weighted by Gasteiger charge is 2.23. The standard InChI is InChI=1S/C23H27N5O3/c1-15-12-16(2)14-17(13-15)27-8-10-28(11-9-27)23(29)26-21-22(31-4)25-20-18(24-21)6-5-7-19(20)30-3/h5-7,12-14H,8-11H2,1-4H3,(H,24,26,29). The Hall–Kier alpha value is -3.55. The average Bonchev–Trinajstić information content (AvgIpc) is 2.77. The number of anilines is 2. The lowest BCUT2D eigenvalue weighted by Gasteiger charge is -2.36. The summed E-state index contributed by atoms with van der Waals surface area (Å²) in [5.74, 6) is 1.15. The van der Waals surface area contributed by atoms with Crippen molar-refractivity contribution in [2.24, 2.45) is 0 Å². The number of aromatic nitrogens is 2. The Labute approximate surface area is 181 Å². The topological polar surface area (TPSA) is 79.8 Å². The van der Waals surface area contributed by atoms with Crippen molar-refractivity contribution in [3.63, 3.8) is 0 Å². The van der Waals surface area contributed by atoms with E-state index in [9.17, 15) is 4.79 Å². The Kier molecular flexibility index (Phi) is 5.79. The molecule has 4 rings (SSSR count). The van der Waals surface area contributed by atoms with Gasteiger partial charge < -0.3 is 19.3 Å². The minimum atomic E-state index is -0.213. The zero-order chi connectivity index (χ0) is 22.0. The fraction of sp³-hybridized carbons (Fsp3) is 0.348. The van der Waals surface area contributed by atoms with E-state index in [1.165, 1.54) is 23.9 Å². The van der Waals surface area contributed by atoms with Crippen molar-refractivity contribution in [3.8, 4) is 11.6 Å². The highest BCUT2D eigenvalue weighted by molar-refractivity contribution is 5.92. The van der Waals surface area contributed by atoms with Crippen LogP contribution in [-0.4, -0.2) is 61.3 Å². The van der Waals surface area contributed by atoms with Crippen LogP contribution in [0.2, 0.25) is 0 Å². The van der Waals surface area contributed by atoms with Crippen molar-refractivity contribution < 1.29 is 14.3 Å².